The third-order valence-corrected chi connectivity index (χ3v) is 3.63. The fourth-order valence-electron chi connectivity index (χ4n) is 2.28. The summed E-state index contributed by atoms with van der Waals surface area (Å²) in [5.41, 5.74) is 7.64. The molecule has 1 amide bonds. The SMILES string of the molecule is CC(C)C(N)c1ccc2c(c1)N(CC(O)CO)C(=O)CO2. The van der Waals surface area contributed by atoms with Gasteiger partial charge in [0.2, 0.25) is 0 Å². The van der Waals surface area contributed by atoms with E-state index in [1.807, 2.05) is 26.0 Å². The highest BCUT2D eigenvalue weighted by Gasteiger charge is 2.28. The number of anilines is 1. The molecule has 1 aromatic rings. The number of fused-ring (bicyclic) bond motifs is 1. The van der Waals surface area contributed by atoms with E-state index >= 15 is 0 Å². The molecule has 21 heavy (non-hydrogen) atoms. The topological polar surface area (TPSA) is 96.0 Å². The standard InChI is InChI=1S/C15H22N2O4/c1-9(2)15(16)10-3-4-13-12(5-10)17(6-11(19)7-18)14(20)8-21-13/h3-5,9,11,15,18-19H,6-8,16H2,1-2H3. The van der Waals surface area contributed by atoms with Gasteiger partial charge in [-0.1, -0.05) is 19.9 Å². The van der Waals surface area contributed by atoms with Crippen LogP contribution in [-0.4, -0.2) is 42.0 Å². The third kappa shape index (κ3) is 3.34. The van der Waals surface area contributed by atoms with Gasteiger partial charge >= 0.3 is 0 Å². The van der Waals surface area contributed by atoms with Crippen LogP contribution >= 0.6 is 0 Å². The highest BCUT2D eigenvalue weighted by atomic mass is 16.5. The first-order chi connectivity index (χ1) is 9.93. The highest BCUT2D eigenvalue weighted by molar-refractivity contribution is 5.98. The number of hydrogen-bond acceptors (Lipinski definition) is 5. The number of rotatable bonds is 5. The van der Waals surface area contributed by atoms with Crippen LogP contribution in [0.3, 0.4) is 0 Å². The second-order valence-electron chi connectivity index (χ2n) is 5.63. The van der Waals surface area contributed by atoms with Crippen molar-refractivity contribution >= 4 is 11.6 Å². The van der Waals surface area contributed by atoms with Crippen molar-refractivity contribution in [2.24, 2.45) is 11.7 Å². The van der Waals surface area contributed by atoms with Crippen LogP contribution in [0.5, 0.6) is 5.75 Å². The smallest absolute Gasteiger partial charge is 0.265 e. The van der Waals surface area contributed by atoms with Crippen LogP contribution in [0.25, 0.3) is 0 Å². The quantitative estimate of drug-likeness (QED) is 0.731. The first kappa shape index (κ1) is 15.8. The maximum Gasteiger partial charge on any atom is 0.265 e. The fraction of sp³-hybridized carbons (Fsp3) is 0.533. The number of aliphatic hydroxyl groups is 2. The van der Waals surface area contributed by atoms with Gasteiger partial charge in [0.1, 0.15) is 5.75 Å². The van der Waals surface area contributed by atoms with E-state index in [9.17, 15) is 9.90 Å². The molecule has 0 bridgehead atoms. The summed E-state index contributed by atoms with van der Waals surface area (Å²) in [6, 6.07) is 5.36. The lowest BCUT2D eigenvalue weighted by atomic mass is 9.96. The molecule has 0 saturated heterocycles. The average Bonchev–Trinajstić information content (AvgIpc) is 2.48. The van der Waals surface area contributed by atoms with E-state index in [0.717, 1.165) is 5.56 Å². The van der Waals surface area contributed by atoms with Crippen molar-refractivity contribution in [3.63, 3.8) is 0 Å². The largest absolute Gasteiger partial charge is 0.482 e. The van der Waals surface area contributed by atoms with Crippen LogP contribution < -0.4 is 15.4 Å². The number of nitrogens with two attached hydrogens (primary N) is 1. The summed E-state index contributed by atoms with van der Waals surface area (Å²) in [6.45, 7) is 3.62. The summed E-state index contributed by atoms with van der Waals surface area (Å²) in [6.07, 6.45) is -0.984. The Morgan fingerprint density at radius 3 is 2.76 bits per heavy atom. The molecule has 0 radical (unpaired) electrons. The van der Waals surface area contributed by atoms with Crippen LogP contribution in [0, 0.1) is 5.92 Å². The lowest BCUT2D eigenvalue weighted by molar-refractivity contribution is -0.121. The number of carbonyl (C=O) groups is 1. The van der Waals surface area contributed by atoms with Gasteiger partial charge in [0.05, 0.1) is 24.9 Å². The van der Waals surface area contributed by atoms with E-state index in [4.69, 9.17) is 15.6 Å². The van der Waals surface area contributed by atoms with Crippen molar-refractivity contribution < 1.29 is 19.7 Å². The molecule has 6 nitrogen and oxygen atoms in total. The molecule has 0 aliphatic carbocycles. The van der Waals surface area contributed by atoms with Crippen molar-refractivity contribution in [1.29, 1.82) is 0 Å². The lowest BCUT2D eigenvalue weighted by Gasteiger charge is -2.31. The van der Waals surface area contributed by atoms with Crippen molar-refractivity contribution in [3.05, 3.63) is 23.8 Å². The molecule has 116 valence electrons. The number of carbonyl (C=O) groups excluding carboxylic acids is 1. The number of aliphatic hydroxyl groups excluding tert-OH is 2. The van der Waals surface area contributed by atoms with Gasteiger partial charge in [0.25, 0.3) is 5.91 Å². The van der Waals surface area contributed by atoms with Crippen LogP contribution in [0.1, 0.15) is 25.5 Å². The molecule has 4 N–H and O–H groups in total. The first-order valence-corrected chi connectivity index (χ1v) is 7.05. The number of β-amino-alcohol motifs (C(OH)–C–C–N with tert-alkyl or cyclic N) is 1. The second kappa shape index (κ2) is 6.43. The predicted molar refractivity (Wildman–Crippen MR) is 79.1 cm³/mol. The molecule has 6 heteroatoms. The summed E-state index contributed by atoms with van der Waals surface area (Å²) >= 11 is 0. The fourth-order valence-corrected chi connectivity index (χ4v) is 2.28. The van der Waals surface area contributed by atoms with Gasteiger partial charge in [-0.25, -0.2) is 0 Å². The normalized spacial score (nSPS) is 17.4. The molecule has 2 rings (SSSR count). The van der Waals surface area contributed by atoms with Gasteiger partial charge in [-0.05, 0) is 23.6 Å². The Bertz CT molecular complexity index is 518. The van der Waals surface area contributed by atoms with Crippen molar-refractivity contribution in [1.82, 2.24) is 0 Å². The Morgan fingerprint density at radius 2 is 2.14 bits per heavy atom. The van der Waals surface area contributed by atoms with Crippen LogP contribution in [0.4, 0.5) is 5.69 Å². The summed E-state index contributed by atoms with van der Waals surface area (Å²) in [5, 5.41) is 18.6. The molecule has 0 spiro atoms. The lowest BCUT2D eigenvalue weighted by Crippen LogP contribution is -2.44. The molecular weight excluding hydrogens is 272 g/mol. The van der Waals surface area contributed by atoms with Crippen molar-refractivity contribution in [2.45, 2.75) is 26.0 Å². The molecule has 1 heterocycles. The molecule has 2 atom stereocenters. The molecule has 1 aliphatic rings. The van der Waals surface area contributed by atoms with Crippen molar-refractivity contribution in [3.8, 4) is 5.75 Å². The highest BCUT2D eigenvalue weighted by Crippen LogP contribution is 2.35. The molecule has 1 aliphatic heterocycles. The maximum atomic E-state index is 12.0. The zero-order chi connectivity index (χ0) is 15.6. The Hall–Kier alpha value is -1.63. The average molecular weight is 294 g/mol. The number of amides is 1. The number of benzene rings is 1. The van der Waals surface area contributed by atoms with Crippen LogP contribution in [0.15, 0.2) is 18.2 Å². The Labute approximate surface area is 124 Å². The minimum Gasteiger partial charge on any atom is -0.482 e. The summed E-state index contributed by atoms with van der Waals surface area (Å²) in [4.78, 5) is 13.4. The number of ether oxygens (including phenoxy) is 1. The first-order valence-electron chi connectivity index (χ1n) is 7.05. The maximum absolute atomic E-state index is 12.0. The minimum atomic E-state index is -0.984. The summed E-state index contributed by atoms with van der Waals surface area (Å²) < 4.78 is 5.40. The number of hydrogen-bond donors (Lipinski definition) is 3. The van der Waals surface area contributed by atoms with Gasteiger partial charge in [0.15, 0.2) is 6.61 Å². The molecule has 0 fully saturated rings. The van der Waals surface area contributed by atoms with Gasteiger partial charge in [-0.15, -0.1) is 0 Å². The van der Waals surface area contributed by atoms with Crippen LogP contribution in [-0.2, 0) is 4.79 Å². The van der Waals surface area contributed by atoms with E-state index in [1.165, 1.54) is 4.90 Å². The van der Waals surface area contributed by atoms with Gasteiger partial charge in [-0.3, -0.25) is 4.79 Å². The minimum absolute atomic E-state index is 0.0338. The third-order valence-electron chi connectivity index (χ3n) is 3.63. The van der Waals surface area contributed by atoms with E-state index < -0.39 is 12.7 Å². The second-order valence-corrected chi connectivity index (χ2v) is 5.63. The van der Waals surface area contributed by atoms with Gasteiger partial charge in [0, 0.05) is 6.04 Å². The van der Waals surface area contributed by atoms with E-state index in [1.54, 1.807) is 6.07 Å². The molecular formula is C15H22N2O4. The Balaban J connectivity index is 2.35. The summed E-state index contributed by atoms with van der Waals surface area (Å²) in [7, 11) is 0. The summed E-state index contributed by atoms with van der Waals surface area (Å²) in [5.74, 6) is 0.601. The molecule has 0 saturated carbocycles. The molecule has 2 unspecified atom stereocenters. The van der Waals surface area contributed by atoms with Gasteiger partial charge < -0.3 is 25.6 Å². The number of nitrogens with zero attached hydrogens (tertiary/aromatic N) is 1. The van der Waals surface area contributed by atoms with E-state index in [-0.39, 0.29) is 31.0 Å². The van der Waals surface area contributed by atoms with E-state index in [0.29, 0.717) is 11.4 Å². The molecule has 1 aromatic carbocycles. The molecule has 0 aromatic heterocycles. The predicted octanol–water partition coefficient (Wildman–Crippen LogP) is 0.421. The van der Waals surface area contributed by atoms with E-state index in [2.05, 4.69) is 0 Å². The van der Waals surface area contributed by atoms with Crippen LogP contribution in [0.2, 0.25) is 0 Å². The Kier molecular flexibility index (Phi) is 4.82. The van der Waals surface area contributed by atoms with Gasteiger partial charge in [-0.2, -0.15) is 0 Å². The van der Waals surface area contributed by atoms with Crippen molar-refractivity contribution in [2.75, 3.05) is 24.7 Å². The zero-order valence-electron chi connectivity index (χ0n) is 12.3. The zero-order valence-corrected chi connectivity index (χ0v) is 12.3. The monoisotopic (exact) mass is 294 g/mol. The Morgan fingerprint density at radius 1 is 1.43 bits per heavy atom.